The lowest BCUT2D eigenvalue weighted by Gasteiger charge is -2.55. The van der Waals surface area contributed by atoms with Crippen LogP contribution in [0.1, 0.15) is 121 Å². The number of aliphatic hydroxyl groups excluding tert-OH is 4. The fourth-order valence-electron chi connectivity index (χ4n) is 9.01. The number of carbonyl (C=O) groups is 3. The third kappa shape index (κ3) is 11.5. The van der Waals surface area contributed by atoms with E-state index in [0.717, 1.165) is 19.3 Å². The number of rotatable bonds is 3. The molecule has 1 unspecified atom stereocenters. The van der Waals surface area contributed by atoms with E-state index in [1.807, 2.05) is 32.1 Å². The van der Waals surface area contributed by atoms with Crippen molar-refractivity contribution in [1.82, 2.24) is 0 Å². The lowest BCUT2D eigenvalue weighted by atomic mass is 9.74. The van der Waals surface area contributed by atoms with Gasteiger partial charge in [0.25, 0.3) is 0 Å². The zero-order valence-electron chi connectivity index (χ0n) is 35.8. The van der Waals surface area contributed by atoms with Gasteiger partial charge in [-0.2, -0.15) is 0 Å². The first-order chi connectivity index (χ1) is 26.1. The molecule has 2 fully saturated rings. The van der Waals surface area contributed by atoms with Crippen LogP contribution in [0.3, 0.4) is 0 Å². The average Bonchev–Trinajstić information content (AvgIpc) is 3.16. The molecule has 3 aliphatic rings. The Balaban J connectivity index is 1.99. The van der Waals surface area contributed by atoms with Crippen LogP contribution in [0.15, 0.2) is 36.5 Å². The van der Waals surface area contributed by atoms with Gasteiger partial charge < -0.3 is 39.7 Å². The number of ether oxygens (including phenoxy) is 3. The largest absolute Gasteiger partial charge is 0.458 e. The van der Waals surface area contributed by atoms with Crippen LogP contribution in [0, 0.1) is 53.3 Å². The molecule has 3 rings (SSSR count). The molecule has 0 aliphatic carbocycles. The van der Waals surface area contributed by atoms with Crippen molar-refractivity contribution >= 4 is 17.5 Å². The summed E-state index contributed by atoms with van der Waals surface area (Å²) < 4.78 is 20.0. The first kappa shape index (κ1) is 48.1. The van der Waals surface area contributed by atoms with Crippen LogP contribution in [-0.4, -0.2) is 97.2 Å². The standard InChI is InChI=1S/C45H74O11/c1-12-34-17-15-13-14-16-27(4)42(51)44(11,53)43(52)32(9)40(50)31(8)39(49)30(7)38(48)26(3)18-21-37(47)54-41-29(6)35(20-19-34)55-45(33(41)10)23-22-25(2)36(56-45)24-28(5)46/h13-15,17-18,21,25-36,38,40-42,46,48,50-51,53H,12,16,19-20,22-24H2,1-11H3/b14-13+,17-15+,21-18+/t25-,26-,27+,28?,29+,30-,31-,32-,33-,34-,35-,36-,38+,40+,41+,42-,44+,45-/m1/s1. The fraction of sp³-hybridized carbons (Fsp3) is 0.800. The minimum atomic E-state index is -2.18. The second kappa shape index (κ2) is 20.6. The maximum absolute atomic E-state index is 13.5. The molecule has 11 heteroatoms. The van der Waals surface area contributed by atoms with E-state index >= 15 is 0 Å². The van der Waals surface area contributed by atoms with Crippen LogP contribution in [0.4, 0.5) is 0 Å². The molecule has 0 saturated carbocycles. The molecule has 0 amide bonds. The first-order valence-electron chi connectivity index (χ1n) is 21.2. The summed E-state index contributed by atoms with van der Waals surface area (Å²) in [7, 11) is 0. The highest BCUT2D eigenvalue weighted by molar-refractivity contribution is 5.91. The van der Waals surface area contributed by atoms with E-state index in [-0.39, 0.29) is 35.9 Å². The van der Waals surface area contributed by atoms with Crippen molar-refractivity contribution in [2.45, 2.75) is 175 Å². The van der Waals surface area contributed by atoms with Crippen molar-refractivity contribution in [1.29, 1.82) is 0 Å². The number of hydrogen-bond acceptors (Lipinski definition) is 11. The molecule has 320 valence electrons. The number of carbonyl (C=O) groups excluding carboxylic acids is 3. The summed E-state index contributed by atoms with van der Waals surface area (Å²) in [6, 6.07) is 0. The van der Waals surface area contributed by atoms with E-state index in [1.165, 1.54) is 39.8 Å². The number of aliphatic hydroxyl groups is 5. The Morgan fingerprint density at radius 3 is 2.11 bits per heavy atom. The second-order valence-corrected chi connectivity index (χ2v) is 18.0. The second-order valence-electron chi connectivity index (χ2n) is 18.0. The van der Waals surface area contributed by atoms with Gasteiger partial charge in [0, 0.05) is 48.0 Å². The minimum Gasteiger partial charge on any atom is -0.458 e. The van der Waals surface area contributed by atoms with E-state index in [2.05, 4.69) is 19.9 Å². The topological polar surface area (TPSA) is 180 Å². The van der Waals surface area contributed by atoms with Crippen LogP contribution < -0.4 is 0 Å². The van der Waals surface area contributed by atoms with Gasteiger partial charge in [0.1, 0.15) is 17.5 Å². The Labute approximate surface area is 336 Å². The van der Waals surface area contributed by atoms with Crippen molar-refractivity contribution in [3.8, 4) is 0 Å². The van der Waals surface area contributed by atoms with Gasteiger partial charge in [-0.3, -0.25) is 9.59 Å². The molecule has 1 spiro atoms. The molecule has 11 nitrogen and oxygen atoms in total. The average molecular weight is 791 g/mol. The van der Waals surface area contributed by atoms with Crippen molar-refractivity contribution in [3.05, 3.63) is 36.5 Å². The van der Waals surface area contributed by atoms with Gasteiger partial charge in [-0.15, -0.1) is 0 Å². The number of hydrogen-bond donors (Lipinski definition) is 5. The van der Waals surface area contributed by atoms with Gasteiger partial charge in [0.15, 0.2) is 11.6 Å². The zero-order valence-corrected chi connectivity index (χ0v) is 35.8. The van der Waals surface area contributed by atoms with Gasteiger partial charge >= 0.3 is 5.97 Å². The van der Waals surface area contributed by atoms with Gasteiger partial charge in [0.2, 0.25) is 0 Å². The zero-order chi connectivity index (χ0) is 42.3. The van der Waals surface area contributed by atoms with E-state index in [4.69, 9.17) is 14.2 Å². The summed E-state index contributed by atoms with van der Waals surface area (Å²) in [4.78, 5) is 40.5. The predicted octanol–water partition coefficient (Wildman–Crippen LogP) is 5.88. The molecule has 0 aromatic rings. The molecule has 18 atom stereocenters. The Hall–Kier alpha value is -2.25. The van der Waals surface area contributed by atoms with Crippen LogP contribution in [0.25, 0.3) is 0 Å². The summed E-state index contributed by atoms with van der Waals surface area (Å²) in [6.07, 6.45) is 9.62. The lowest BCUT2D eigenvalue weighted by molar-refractivity contribution is -0.371. The highest BCUT2D eigenvalue weighted by Gasteiger charge is 2.56. The van der Waals surface area contributed by atoms with Gasteiger partial charge in [-0.25, -0.2) is 4.79 Å². The number of fused-ring (bicyclic) bond motifs is 2. The molecule has 0 radical (unpaired) electrons. The molecule has 2 saturated heterocycles. The minimum absolute atomic E-state index is 0.168. The van der Waals surface area contributed by atoms with Crippen molar-refractivity contribution < 1.29 is 54.1 Å². The fourth-order valence-corrected chi connectivity index (χ4v) is 9.01. The summed E-state index contributed by atoms with van der Waals surface area (Å²) in [5.74, 6) is -7.28. The van der Waals surface area contributed by atoms with E-state index in [1.54, 1.807) is 20.8 Å². The maximum atomic E-state index is 13.5. The summed E-state index contributed by atoms with van der Waals surface area (Å²) in [5.41, 5.74) is -2.18. The quantitative estimate of drug-likeness (QED) is 0.216. The molecule has 5 N–H and O–H groups in total. The maximum Gasteiger partial charge on any atom is 0.330 e. The normalized spacial score (nSPS) is 46.8. The molecule has 3 aliphatic heterocycles. The third-order valence-electron chi connectivity index (χ3n) is 13.4. The van der Waals surface area contributed by atoms with Crippen LogP contribution >= 0.6 is 0 Å². The van der Waals surface area contributed by atoms with Gasteiger partial charge in [-0.05, 0) is 70.1 Å². The Morgan fingerprint density at radius 2 is 1.48 bits per heavy atom. The Bertz CT molecular complexity index is 1390. The van der Waals surface area contributed by atoms with E-state index in [9.17, 15) is 39.9 Å². The first-order valence-corrected chi connectivity index (χ1v) is 21.2. The number of esters is 1. The molecule has 2 bridgehead atoms. The van der Waals surface area contributed by atoms with Crippen LogP contribution in [-0.2, 0) is 28.6 Å². The molecular weight excluding hydrogens is 716 g/mol. The number of Topliss-reactive ketones (excluding diaryl/α,β-unsaturated/α-hetero) is 2. The Morgan fingerprint density at radius 1 is 0.839 bits per heavy atom. The van der Waals surface area contributed by atoms with Crippen LogP contribution in [0.2, 0.25) is 0 Å². The SMILES string of the molecule is CC[C@@H]1/C=C/C=C/C[C@H](C)[C@@H](O)[C@](C)(O)C(=O)[C@H](C)[C@@H](O)[C@H](C)C(=O)[C@H](C)[C@@H](O)[C@H](C)/C=C/C(=O)O[C@H]2[C@@H](C)[C@@H](CC1)O[C@@]1(CC[C@@H](C)[C@@H](CC(C)O)O1)[C@@H]2C. The van der Waals surface area contributed by atoms with Gasteiger partial charge in [-0.1, -0.05) is 92.7 Å². The molecule has 3 heterocycles. The van der Waals surface area contributed by atoms with E-state index < -0.39 is 89.0 Å². The number of ketones is 2. The summed E-state index contributed by atoms with van der Waals surface area (Å²) in [5, 5.41) is 55.0. The van der Waals surface area contributed by atoms with Crippen LogP contribution in [0.5, 0.6) is 0 Å². The highest BCUT2D eigenvalue weighted by atomic mass is 16.7. The monoisotopic (exact) mass is 791 g/mol. The highest BCUT2D eigenvalue weighted by Crippen LogP contribution is 2.49. The van der Waals surface area contributed by atoms with Crippen molar-refractivity contribution in [3.63, 3.8) is 0 Å². The number of allylic oxidation sites excluding steroid dienone is 4. The molecule has 0 aromatic carbocycles. The Kier molecular flexibility index (Phi) is 17.7. The smallest absolute Gasteiger partial charge is 0.330 e. The van der Waals surface area contributed by atoms with Gasteiger partial charge in [0.05, 0.1) is 36.6 Å². The van der Waals surface area contributed by atoms with Crippen molar-refractivity contribution in [2.24, 2.45) is 53.3 Å². The predicted molar refractivity (Wildman–Crippen MR) is 215 cm³/mol. The molecule has 0 aromatic heterocycles. The van der Waals surface area contributed by atoms with E-state index in [0.29, 0.717) is 25.7 Å². The lowest BCUT2D eigenvalue weighted by Crippen LogP contribution is -2.62. The third-order valence-corrected chi connectivity index (χ3v) is 13.4. The summed E-state index contributed by atoms with van der Waals surface area (Å²) in [6.45, 7) is 19.1. The summed E-state index contributed by atoms with van der Waals surface area (Å²) >= 11 is 0. The van der Waals surface area contributed by atoms with Crippen molar-refractivity contribution in [2.75, 3.05) is 0 Å². The molecular formula is C45H74O11. The molecule has 56 heavy (non-hydrogen) atoms.